The quantitative estimate of drug-likeness (QED) is 0.805. The fourth-order valence-electron chi connectivity index (χ4n) is 4.10. The Morgan fingerprint density at radius 2 is 1.77 bits per heavy atom. The number of carbonyl (C=O) groups is 1. The number of amides is 1. The summed E-state index contributed by atoms with van der Waals surface area (Å²) >= 11 is 5.11. The Kier molecular flexibility index (Phi) is 5.45. The van der Waals surface area contributed by atoms with Gasteiger partial charge in [-0.3, -0.25) is 9.69 Å². The molecule has 1 fully saturated rings. The topological polar surface area (TPSA) is 49.6 Å². The lowest BCUT2D eigenvalue weighted by Gasteiger charge is -2.38. The van der Waals surface area contributed by atoms with E-state index >= 15 is 0 Å². The number of nitrogens with two attached hydrogens (primary N) is 1. The molecule has 2 aromatic rings. The molecule has 4 rings (SSSR count). The third-order valence-electron chi connectivity index (χ3n) is 5.54. The van der Waals surface area contributed by atoms with Gasteiger partial charge in [0.2, 0.25) is 5.91 Å². The first kappa shape index (κ1) is 18.2. The predicted octanol–water partition coefficient (Wildman–Crippen LogP) is 2.69. The number of nitrogens with zero attached hydrogens (tertiary/aromatic N) is 2. The second-order valence-electron chi connectivity index (χ2n) is 7.21. The number of hydrogen-bond donors (Lipinski definition) is 1. The number of carbonyl (C=O) groups excluding carboxylic acids is 1. The van der Waals surface area contributed by atoms with Gasteiger partial charge in [0, 0.05) is 43.5 Å². The summed E-state index contributed by atoms with van der Waals surface area (Å²) in [5, 5.41) is 0. The molecular formula is C20H24BrN3OS. The van der Waals surface area contributed by atoms with Gasteiger partial charge in [-0.25, -0.2) is 0 Å². The second kappa shape index (κ2) is 7.80. The molecule has 0 radical (unpaired) electrons. The van der Waals surface area contributed by atoms with E-state index in [9.17, 15) is 4.79 Å². The number of halogens is 1. The van der Waals surface area contributed by atoms with Gasteiger partial charge in [0.15, 0.2) is 0 Å². The molecule has 2 N–H and O–H groups in total. The van der Waals surface area contributed by atoms with Crippen LogP contribution in [0.1, 0.15) is 16.0 Å². The van der Waals surface area contributed by atoms with Crippen molar-refractivity contribution in [3.05, 3.63) is 56.2 Å². The van der Waals surface area contributed by atoms with E-state index in [4.69, 9.17) is 5.73 Å². The Hall–Kier alpha value is -1.21. The monoisotopic (exact) mass is 433 g/mol. The van der Waals surface area contributed by atoms with Gasteiger partial charge in [0.25, 0.3) is 0 Å². The summed E-state index contributed by atoms with van der Waals surface area (Å²) in [6, 6.07) is 12.9. The van der Waals surface area contributed by atoms with Crippen LogP contribution in [-0.4, -0.2) is 54.0 Å². The zero-order chi connectivity index (χ0) is 18.1. The molecule has 138 valence electrons. The molecule has 0 saturated carbocycles. The van der Waals surface area contributed by atoms with Crippen molar-refractivity contribution in [3.8, 4) is 0 Å². The van der Waals surface area contributed by atoms with Crippen LogP contribution in [-0.2, 0) is 24.1 Å². The van der Waals surface area contributed by atoms with E-state index in [1.54, 1.807) is 11.3 Å². The van der Waals surface area contributed by atoms with Crippen molar-refractivity contribution in [3.63, 3.8) is 0 Å². The highest BCUT2D eigenvalue weighted by Gasteiger charge is 2.31. The summed E-state index contributed by atoms with van der Waals surface area (Å²) in [7, 11) is 0. The van der Waals surface area contributed by atoms with Crippen molar-refractivity contribution in [1.29, 1.82) is 0 Å². The molecule has 0 bridgehead atoms. The van der Waals surface area contributed by atoms with Crippen molar-refractivity contribution in [2.75, 3.05) is 26.2 Å². The molecule has 0 spiro atoms. The van der Waals surface area contributed by atoms with Crippen LogP contribution in [0.5, 0.6) is 0 Å². The van der Waals surface area contributed by atoms with E-state index in [1.807, 2.05) is 17.0 Å². The number of rotatable bonds is 4. The van der Waals surface area contributed by atoms with Crippen LogP contribution < -0.4 is 5.73 Å². The van der Waals surface area contributed by atoms with Crippen molar-refractivity contribution in [1.82, 2.24) is 9.80 Å². The van der Waals surface area contributed by atoms with E-state index in [1.165, 1.54) is 11.1 Å². The molecule has 1 unspecified atom stereocenters. The first-order valence-electron chi connectivity index (χ1n) is 9.19. The van der Waals surface area contributed by atoms with Gasteiger partial charge in [-0.05, 0) is 52.0 Å². The van der Waals surface area contributed by atoms with Crippen LogP contribution in [0.25, 0.3) is 0 Å². The first-order chi connectivity index (χ1) is 12.6. The van der Waals surface area contributed by atoms with Crippen molar-refractivity contribution in [2.45, 2.75) is 31.3 Å². The lowest BCUT2D eigenvalue weighted by atomic mass is 10.1. The lowest BCUT2D eigenvalue weighted by molar-refractivity contribution is -0.134. The summed E-state index contributed by atoms with van der Waals surface area (Å²) < 4.78 is 1.08. The molecule has 1 saturated heterocycles. The summed E-state index contributed by atoms with van der Waals surface area (Å²) in [4.78, 5) is 18.3. The highest BCUT2D eigenvalue weighted by molar-refractivity contribution is 9.11. The van der Waals surface area contributed by atoms with Crippen LogP contribution in [0.4, 0.5) is 0 Å². The van der Waals surface area contributed by atoms with Crippen molar-refractivity contribution in [2.24, 2.45) is 5.73 Å². The summed E-state index contributed by atoms with van der Waals surface area (Å²) in [6.45, 7) is 3.46. The van der Waals surface area contributed by atoms with E-state index in [2.05, 4.69) is 45.1 Å². The first-order valence-corrected chi connectivity index (χ1v) is 10.8. The highest BCUT2D eigenvalue weighted by Crippen LogP contribution is 2.26. The number of piperazine rings is 1. The van der Waals surface area contributed by atoms with Gasteiger partial charge in [-0.2, -0.15) is 0 Å². The lowest BCUT2D eigenvalue weighted by Crippen LogP contribution is -2.55. The smallest absolute Gasteiger partial charge is 0.239 e. The Bertz CT molecular complexity index is 760. The molecular weight excluding hydrogens is 410 g/mol. The zero-order valence-electron chi connectivity index (χ0n) is 14.7. The molecule has 1 aliphatic carbocycles. The van der Waals surface area contributed by atoms with Gasteiger partial charge in [-0.15, -0.1) is 11.3 Å². The Morgan fingerprint density at radius 3 is 2.35 bits per heavy atom. The van der Waals surface area contributed by atoms with Gasteiger partial charge < -0.3 is 10.6 Å². The molecule has 1 aromatic carbocycles. The molecule has 6 heteroatoms. The maximum atomic E-state index is 12.7. The van der Waals surface area contributed by atoms with Gasteiger partial charge in [0.05, 0.1) is 9.83 Å². The summed E-state index contributed by atoms with van der Waals surface area (Å²) in [5.74, 6) is 0.0869. The van der Waals surface area contributed by atoms with Crippen LogP contribution in [0.15, 0.2) is 40.2 Å². The van der Waals surface area contributed by atoms with Crippen LogP contribution in [0.3, 0.4) is 0 Å². The highest BCUT2D eigenvalue weighted by atomic mass is 79.9. The van der Waals surface area contributed by atoms with Crippen LogP contribution in [0, 0.1) is 0 Å². The third-order valence-corrected chi connectivity index (χ3v) is 7.18. The largest absolute Gasteiger partial charge is 0.339 e. The molecule has 1 atom stereocenters. The fourth-order valence-corrected chi connectivity index (χ4v) is 5.64. The number of thiophene rings is 1. The number of hydrogen-bond acceptors (Lipinski definition) is 4. The summed E-state index contributed by atoms with van der Waals surface area (Å²) in [5.41, 5.74) is 9.16. The van der Waals surface area contributed by atoms with E-state index < -0.39 is 6.04 Å². The number of benzene rings is 1. The molecule has 1 aliphatic heterocycles. The minimum absolute atomic E-state index is 0.0869. The maximum Gasteiger partial charge on any atom is 0.239 e. The van der Waals surface area contributed by atoms with Crippen LogP contribution in [0.2, 0.25) is 0 Å². The molecule has 1 aromatic heterocycles. The average molecular weight is 434 g/mol. The third kappa shape index (κ3) is 3.88. The molecule has 4 nitrogen and oxygen atoms in total. The Balaban J connectivity index is 1.29. The van der Waals surface area contributed by atoms with Gasteiger partial charge >= 0.3 is 0 Å². The standard InChI is InChI=1S/C20H24BrN3OS/c21-19-6-5-17(26-19)13-18(22)20(25)24-9-7-23(8-10-24)16-11-14-3-1-2-4-15(14)12-16/h1-6,16,18H,7-13,22H2. The molecule has 2 aliphatic rings. The van der Waals surface area contributed by atoms with Gasteiger partial charge in [0.1, 0.15) is 0 Å². The maximum absolute atomic E-state index is 12.7. The number of fused-ring (bicyclic) bond motifs is 1. The van der Waals surface area contributed by atoms with E-state index in [-0.39, 0.29) is 5.91 Å². The van der Waals surface area contributed by atoms with E-state index in [0.29, 0.717) is 12.5 Å². The van der Waals surface area contributed by atoms with E-state index in [0.717, 1.165) is 47.7 Å². The molecule has 2 heterocycles. The van der Waals surface area contributed by atoms with Crippen molar-refractivity contribution >= 4 is 33.2 Å². The van der Waals surface area contributed by atoms with Gasteiger partial charge in [-0.1, -0.05) is 24.3 Å². The second-order valence-corrected chi connectivity index (χ2v) is 9.76. The Labute approximate surface area is 167 Å². The minimum atomic E-state index is -0.442. The Morgan fingerprint density at radius 1 is 1.12 bits per heavy atom. The normalized spacial score (nSPS) is 19.5. The molecule has 1 amide bonds. The average Bonchev–Trinajstić information content (AvgIpc) is 3.27. The zero-order valence-corrected chi connectivity index (χ0v) is 17.1. The van der Waals surface area contributed by atoms with Crippen molar-refractivity contribution < 1.29 is 4.79 Å². The minimum Gasteiger partial charge on any atom is -0.339 e. The SMILES string of the molecule is NC(Cc1ccc(Br)s1)C(=O)N1CCN(C2Cc3ccccc3C2)CC1. The fraction of sp³-hybridized carbons (Fsp3) is 0.450. The predicted molar refractivity (Wildman–Crippen MR) is 109 cm³/mol. The summed E-state index contributed by atoms with van der Waals surface area (Å²) in [6.07, 6.45) is 2.89. The van der Waals surface area contributed by atoms with Crippen LogP contribution >= 0.6 is 27.3 Å². The molecule has 26 heavy (non-hydrogen) atoms.